The van der Waals surface area contributed by atoms with Crippen molar-refractivity contribution in [1.82, 2.24) is 0 Å². The maximum absolute atomic E-state index is 3.87. The summed E-state index contributed by atoms with van der Waals surface area (Å²) in [4.78, 5) is 0. The van der Waals surface area contributed by atoms with E-state index in [1.807, 2.05) is 95.3 Å². The summed E-state index contributed by atoms with van der Waals surface area (Å²) in [6, 6.07) is 19.9. The van der Waals surface area contributed by atoms with Gasteiger partial charge in [0.2, 0.25) is 0 Å². The van der Waals surface area contributed by atoms with Gasteiger partial charge in [-0.3, -0.25) is 0 Å². The number of hydrogen-bond donors (Lipinski definition) is 0. The molecule has 2 rings (SSSR count). The van der Waals surface area contributed by atoms with Crippen molar-refractivity contribution in [1.29, 1.82) is 0 Å². The quantitative estimate of drug-likeness (QED) is 0.478. The third-order valence-corrected chi connectivity index (χ3v) is 1.92. The Morgan fingerprint density at radius 3 is 1.26 bits per heavy atom. The highest BCUT2D eigenvalue weighted by Crippen LogP contribution is 2.11. The number of rotatable bonds is 1. The number of nitrogens with zero attached hydrogens (tertiary/aromatic N) is 2. The smallest absolute Gasteiger partial charge is 0.0852 e. The minimum atomic E-state index is 0.910. The first kappa shape index (κ1) is 26.0. The summed E-state index contributed by atoms with van der Waals surface area (Å²) in [6.45, 7) is 14.3. The molecule has 0 spiro atoms. The molecular weight excluding hydrogens is 280 g/mol. The average Bonchev–Trinajstić information content (AvgIpc) is 2.63. The van der Waals surface area contributed by atoms with Crippen LogP contribution in [0, 0.1) is 6.92 Å². The molecule has 0 bridgehead atoms. The van der Waals surface area contributed by atoms with Crippen molar-refractivity contribution in [3.63, 3.8) is 0 Å². The molecule has 0 saturated carbocycles. The lowest BCUT2D eigenvalue weighted by Crippen LogP contribution is -1.67. The van der Waals surface area contributed by atoms with Crippen LogP contribution in [0.3, 0.4) is 0 Å². The van der Waals surface area contributed by atoms with E-state index in [0.717, 1.165) is 5.69 Å². The van der Waals surface area contributed by atoms with E-state index in [4.69, 9.17) is 0 Å². The van der Waals surface area contributed by atoms with E-state index in [9.17, 15) is 0 Å². The van der Waals surface area contributed by atoms with Crippen LogP contribution in [-0.4, -0.2) is 7.05 Å². The van der Waals surface area contributed by atoms with Gasteiger partial charge in [-0.05, 0) is 19.1 Å². The molecule has 0 aliphatic carbocycles. The second-order valence-corrected chi connectivity index (χ2v) is 4.00. The molecule has 0 aliphatic heterocycles. The van der Waals surface area contributed by atoms with Crippen molar-refractivity contribution in [2.75, 3.05) is 7.05 Å². The minimum Gasteiger partial charge on any atom is -0.192 e. The van der Waals surface area contributed by atoms with Gasteiger partial charge in [0.25, 0.3) is 0 Å². The molecule has 0 N–H and O–H groups in total. The monoisotopic (exact) mass is 316 g/mol. The molecule has 0 aromatic heterocycles. The molecule has 0 fully saturated rings. The van der Waals surface area contributed by atoms with Crippen molar-refractivity contribution >= 4 is 5.69 Å². The van der Waals surface area contributed by atoms with Gasteiger partial charge in [-0.2, -0.15) is 10.2 Å². The summed E-state index contributed by atoms with van der Waals surface area (Å²) in [5.74, 6) is 0. The van der Waals surface area contributed by atoms with E-state index in [0.29, 0.717) is 0 Å². The Hall–Kier alpha value is -1.96. The van der Waals surface area contributed by atoms with Crippen LogP contribution in [0.5, 0.6) is 0 Å². The molecule has 2 nitrogen and oxygen atoms in total. The molecule has 0 radical (unpaired) electrons. The van der Waals surface area contributed by atoms with E-state index in [-0.39, 0.29) is 0 Å². The maximum atomic E-state index is 3.87. The summed E-state index contributed by atoms with van der Waals surface area (Å²) < 4.78 is 0. The first-order valence-corrected chi connectivity index (χ1v) is 8.61. The van der Waals surface area contributed by atoms with E-state index in [1.165, 1.54) is 12.0 Å². The van der Waals surface area contributed by atoms with Crippen LogP contribution in [0.2, 0.25) is 0 Å². The molecule has 0 aliphatic rings. The molecule has 0 unspecified atom stereocenters. The third kappa shape index (κ3) is 22.5. The molecular formula is C21H36N2. The Bertz CT molecular complexity index is 393. The fraction of sp³-hybridized carbons (Fsp3) is 0.429. The topological polar surface area (TPSA) is 24.7 Å². The summed E-state index contributed by atoms with van der Waals surface area (Å²) in [6.07, 6.45) is 1.25. The summed E-state index contributed by atoms with van der Waals surface area (Å²) in [5, 5.41) is 7.53. The highest BCUT2D eigenvalue weighted by atomic mass is 15.1. The van der Waals surface area contributed by atoms with Crippen LogP contribution in [0.15, 0.2) is 70.9 Å². The Kier molecular flexibility index (Phi) is 28.2. The predicted molar refractivity (Wildman–Crippen MR) is 107 cm³/mol. The van der Waals surface area contributed by atoms with Gasteiger partial charge in [0.1, 0.15) is 0 Å². The molecule has 23 heavy (non-hydrogen) atoms. The largest absolute Gasteiger partial charge is 0.192 e. The van der Waals surface area contributed by atoms with Gasteiger partial charge in [-0.1, -0.05) is 102 Å². The van der Waals surface area contributed by atoms with Gasteiger partial charge in [0, 0.05) is 7.05 Å². The van der Waals surface area contributed by atoms with Gasteiger partial charge < -0.3 is 0 Å². The Morgan fingerprint density at radius 1 is 0.696 bits per heavy atom. The van der Waals surface area contributed by atoms with E-state index >= 15 is 0 Å². The summed E-state index contributed by atoms with van der Waals surface area (Å²) in [5.41, 5.74) is 2.16. The van der Waals surface area contributed by atoms with Gasteiger partial charge >= 0.3 is 0 Å². The second-order valence-electron chi connectivity index (χ2n) is 4.00. The van der Waals surface area contributed by atoms with Crippen molar-refractivity contribution < 1.29 is 0 Å². The number of azo groups is 1. The van der Waals surface area contributed by atoms with E-state index in [1.54, 1.807) is 7.05 Å². The fourth-order valence-corrected chi connectivity index (χ4v) is 1.11. The zero-order valence-corrected chi connectivity index (χ0v) is 16.4. The number of hydrogen-bond acceptors (Lipinski definition) is 2. The summed E-state index contributed by atoms with van der Waals surface area (Å²) in [7, 11) is 1.67. The number of benzene rings is 2. The molecule has 2 heteroatoms. The SMILES string of the molecule is CC.CC.CCC.CN=Nc1ccc(C)cc1.c1ccccc1. The lowest BCUT2D eigenvalue weighted by Gasteiger charge is -1.90. The molecule has 0 amide bonds. The zero-order valence-electron chi connectivity index (χ0n) is 16.4. The number of aryl methyl sites for hydroxylation is 1. The standard InChI is InChI=1S/C8H10N2.C6H6.C3H8.2C2H6/c1-7-3-5-8(6-4-7)10-9-2;1-2-4-6-5-3-1;1-3-2;2*1-2/h3-6H,1-2H3;1-6H;3H2,1-2H3;2*1-2H3. The molecule has 0 atom stereocenters. The van der Waals surface area contributed by atoms with Gasteiger partial charge in [-0.15, -0.1) is 0 Å². The van der Waals surface area contributed by atoms with Crippen molar-refractivity contribution in [2.45, 2.75) is 54.9 Å². The van der Waals surface area contributed by atoms with E-state index < -0.39 is 0 Å². The average molecular weight is 317 g/mol. The van der Waals surface area contributed by atoms with Crippen molar-refractivity contribution in [3.05, 3.63) is 66.2 Å². The van der Waals surface area contributed by atoms with Gasteiger partial charge in [-0.25, -0.2) is 0 Å². The van der Waals surface area contributed by atoms with Crippen LogP contribution in [0.1, 0.15) is 53.5 Å². The first-order valence-electron chi connectivity index (χ1n) is 8.61. The molecule has 0 heterocycles. The lowest BCUT2D eigenvalue weighted by atomic mass is 10.2. The minimum absolute atomic E-state index is 0.910. The lowest BCUT2D eigenvalue weighted by molar-refractivity contribution is 1.09. The normalized spacial score (nSPS) is 8.00. The highest BCUT2D eigenvalue weighted by molar-refractivity contribution is 5.37. The highest BCUT2D eigenvalue weighted by Gasteiger charge is 1.85. The fourth-order valence-electron chi connectivity index (χ4n) is 1.11. The molecule has 0 saturated heterocycles. The molecule has 2 aromatic carbocycles. The molecule has 130 valence electrons. The van der Waals surface area contributed by atoms with Crippen LogP contribution in [0.25, 0.3) is 0 Å². The Balaban J connectivity index is -0.000000263. The Labute approximate surface area is 144 Å². The molecule has 2 aromatic rings. The van der Waals surface area contributed by atoms with Crippen LogP contribution < -0.4 is 0 Å². The zero-order chi connectivity index (χ0) is 18.3. The first-order chi connectivity index (χ1) is 11.2. The van der Waals surface area contributed by atoms with Crippen LogP contribution in [-0.2, 0) is 0 Å². The Morgan fingerprint density at radius 2 is 1.00 bits per heavy atom. The maximum Gasteiger partial charge on any atom is 0.0852 e. The van der Waals surface area contributed by atoms with Crippen LogP contribution in [0.4, 0.5) is 5.69 Å². The van der Waals surface area contributed by atoms with Gasteiger partial charge in [0.05, 0.1) is 5.69 Å². The third-order valence-electron chi connectivity index (χ3n) is 1.92. The predicted octanol–water partition coefficient (Wildman–Crippen LogP) is 7.86. The van der Waals surface area contributed by atoms with Crippen molar-refractivity contribution in [3.8, 4) is 0 Å². The van der Waals surface area contributed by atoms with Crippen molar-refractivity contribution in [2.24, 2.45) is 10.2 Å². The van der Waals surface area contributed by atoms with Gasteiger partial charge in [0.15, 0.2) is 0 Å². The second kappa shape index (κ2) is 25.0. The summed E-state index contributed by atoms with van der Waals surface area (Å²) >= 11 is 0. The van der Waals surface area contributed by atoms with E-state index in [2.05, 4.69) is 24.1 Å². The van der Waals surface area contributed by atoms with Crippen LogP contribution >= 0.6 is 0 Å².